The van der Waals surface area contributed by atoms with E-state index < -0.39 is 0 Å². The first-order chi connectivity index (χ1) is 24.3. The highest BCUT2D eigenvalue weighted by atomic mass is 16.5. The summed E-state index contributed by atoms with van der Waals surface area (Å²) in [6.45, 7) is 23.0. The summed E-state index contributed by atoms with van der Waals surface area (Å²) >= 11 is 0. The molecule has 7 rings (SSSR count). The van der Waals surface area contributed by atoms with Gasteiger partial charge in [-0.2, -0.15) is 5.10 Å². The van der Waals surface area contributed by atoms with Crippen LogP contribution in [0.1, 0.15) is 115 Å². The number of allylic oxidation sites excluding steroid dienone is 2. The monoisotopic (exact) mass is 678 g/mol. The fraction of sp³-hybridized carbons (Fsp3) is 0.391. The maximum Gasteiger partial charge on any atom is 0.137 e. The molecule has 0 fully saturated rings. The van der Waals surface area contributed by atoms with Gasteiger partial charge in [-0.3, -0.25) is 4.57 Å². The molecule has 0 saturated carbocycles. The minimum atomic E-state index is -0.116. The predicted molar refractivity (Wildman–Crippen MR) is 213 cm³/mol. The Kier molecular flexibility index (Phi) is 9.20. The first-order valence-corrected chi connectivity index (χ1v) is 18.9. The average Bonchev–Trinajstić information content (AvgIpc) is 3.59. The van der Waals surface area contributed by atoms with Crippen molar-refractivity contribution in [3.05, 3.63) is 119 Å². The second-order valence-corrected chi connectivity index (χ2v) is 16.4. The van der Waals surface area contributed by atoms with Crippen molar-refractivity contribution in [2.24, 2.45) is 11.8 Å². The number of aryl methyl sites for hydroxylation is 2. The Morgan fingerprint density at radius 3 is 2.37 bits per heavy atom. The quantitative estimate of drug-likeness (QED) is 0.151. The maximum absolute atomic E-state index is 6.83. The lowest BCUT2D eigenvalue weighted by atomic mass is 9.70. The van der Waals surface area contributed by atoms with Gasteiger partial charge in [0.1, 0.15) is 17.3 Å². The summed E-state index contributed by atoms with van der Waals surface area (Å²) in [6, 6.07) is 26.0. The van der Waals surface area contributed by atoms with Crippen molar-refractivity contribution < 1.29 is 4.74 Å². The lowest BCUT2D eigenvalue weighted by Crippen LogP contribution is -2.25. The number of nitrogens with zero attached hydrogens (tertiary/aromatic N) is 4. The van der Waals surface area contributed by atoms with Gasteiger partial charge in [0.25, 0.3) is 0 Å². The second-order valence-electron chi connectivity index (χ2n) is 16.4. The molecule has 0 N–H and O–H groups in total. The number of pyridine rings is 1. The van der Waals surface area contributed by atoms with Crippen molar-refractivity contribution in [3.8, 4) is 23.0 Å². The minimum Gasteiger partial charge on any atom is -0.457 e. The normalized spacial score (nSPS) is 18.2. The molecule has 1 aliphatic rings. The average molecular weight is 679 g/mol. The maximum atomic E-state index is 6.83. The molecule has 0 amide bonds. The first kappa shape index (κ1) is 34.8. The highest BCUT2D eigenvalue weighted by Gasteiger charge is 2.36. The van der Waals surface area contributed by atoms with Crippen LogP contribution in [-0.2, 0) is 11.8 Å². The molecule has 1 aliphatic carbocycles. The van der Waals surface area contributed by atoms with Crippen LogP contribution in [0.5, 0.6) is 11.5 Å². The predicted octanol–water partition coefficient (Wildman–Crippen LogP) is 12.5. The van der Waals surface area contributed by atoms with Crippen molar-refractivity contribution in [3.63, 3.8) is 0 Å². The summed E-state index contributed by atoms with van der Waals surface area (Å²) in [7, 11) is 0. The number of benzene rings is 3. The van der Waals surface area contributed by atoms with Crippen molar-refractivity contribution >= 4 is 21.8 Å². The van der Waals surface area contributed by atoms with E-state index in [2.05, 4.69) is 157 Å². The largest absolute Gasteiger partial charge is 0.457 e. The van der Waals surface area contributed by atoms with E-state index in [1.807, 2.05) is 6.20 Å². The molecule has 0 aliphatic heterocycles. The lowest BCUT2D eigenvalue weighted by Gasteiger charge is -2.34. The summed E-state index contributed by atoms with van der Waals surface area (Å²) in [5, 5.41) is 7.70. The fourth-order valence-electron chi connectivity index (χ4n) is 8.67. The highest BCUT2D eigenvalue weighted by Crippen LogP contribution is 2.46. The van der Waals surface area contributed by atoms with Crippen LogP contribution in [0.2, 0.25) is 0 Å². The standard InChI is InChI=1S/C46H54N4O/c1-11-14-33-19-20-47-42(23-33)49-40-16-13-12-15-38(40)39-18-17-36(27-41(39)49)51-37-25-34(28(2)3)24-35(26-37)50-45(46(8,9)10)44(32(7)48-50)43-30(5)21-29(4)22-31(43)6/h12-13,15-21,23-29,31,43H,11,14,22H2,1-10H3/t29-,31?,43-/m0/s1. The van der Waals surface area contributed by atoms with Crippen LogP contribution in [0.25, 0.3) is 33.3 Å². The molecule has 51 heavy (non-hydrogen) atoms. The Morgan fingerprint density at radius 2 is 1.65 bits per heavy atom. The molecule has 3 heterocycles. The van der Waals surface area contributed by atoms with E-state index in [0.717, 1.165) is 52.6 Å². The van der Waals surface area contributed by atoms with E-state index in [0.29, 0.717) is 23.7 Å². The molecule has 0 bridgehead atoms. The van der Waals surface area contributed by atoms with Gasteiger partial charge in [-0.05, 0) is 98.0 Å². The highest BCUT2D eigenvalue weighted by molar-refractivity contribution is 6.09. The molecule has 6 aromatic rings. The van der Waals surface area contributed by atoms with E-state index >= 15 is 0 Å². The van der Waals surface area contributed by atoms with Gasteiger partial charge in [0.15, 0.2) is 0 Å². The van der Waals surface area contributed by atoms with Crippen LogP contribution in [0, 0.1) is 18.8 Å². The molecule has 5 heteroatoms. The summed E-state index contributed by atoms with van der Waals surface area (Å²) < 4.78 is 11.3. The van der Waals surface area contributed by atoms with Crippen molar-refractivity contribution in [1.82, 2.24) is 19.3 Å². The Hall–Kier alpha value is -4.64. The van der Waals surface area contributed by atoms with Gasteiger partial charge < -0.3 is 4.74 Å². The van der Waals surface area contributed by atoms with Gasteiger partial charge in [-0.15, -0.1) is 0 Å². The smallest absolute Gasteiger partial charge is 0.137 e. The minimum absolute atomic E-state index is 0.116. The van der Waals surface area contributed by atoms with E-state index in [1.165, 1.54) is 45.2 Å². The third kappa shape index (κ3) is 6.52. The van der Waals surface area contributed by atoms with Gasteiger partial charge in [0, 0.05) is 46.0 Å². The Balaban J connectivity index is 1.35. The molecule has 264 valence electrons. The van der Waals surface area contributed by atoms with Crippen LogP contribution in [-0.4, -0.2) is 19.3 Å². The third-order valence-corrected chi connectivity index (χ3v) is 10.8. The zero-order valence-corrected chi connectivity index (χ0v) is 32.2. The molecular weight excluding hydrogens is 625 g/mol. The Morgan fingerprint density at radius 1 is 0.882 bits per heavy atom. The topological polar surface area (TPSA) is 44.9 Å². The number of hydrogen-bond donors (Lipinski definition) is 0. The van der Waals surface area contributed by atoms with Crippen molar-refractivity contribution in [2.75, 3.05) is 0 Å². The number of hydrogen-bond acceptors (Lipinski definition) is 3. The molecule has 3 aromatic carbocycles. The molecular formula is C46H54N4O. The van der Waals surface area contributed by atoms with E-state index in [-0.39, 0.29) is 5.41 Å². The second kappa shape index (κ2) is 13.5. The van der Waals surface area contributed by atoms with Gasteiger partial charge in [0.05, 0.1) is 28.1 Å². The van der Waals surface area contributed by atoms with Crippen LogP contribution >= 0.6 is 0 Å². The molecule has 0 saturated heterocycles. The molecule has 1 unspecified atom stereocenters. The fourth-order valence-corrected chi connectivity index (χ4v) is 8.67. The molecule has 3 aromatic heterocycles. The summed E-state index contributed by atoms with van der Waals surface area (Å²) in [5.74, 6) is 4.38. The van der Waals surface area contributed by atoms with Gasteiger partial charge in [-0.1, -0.05) is 91.7 Å². The zero-order chi connectivity index (χ0) is 36.2. The van der Waals surface area contributed by atoms with Crippen molar-refractivity contribution in [2.45, 2.75) is 106 Å². The summed E-state index contributed by atoms with van der Waals surface area (Å²) in [5.41, 5.74) is 10.9. The van der Waals surface area contributed by atoms with Gasteiger partial charge in [-0.25, -0.2) is 9.67 Å². The summed E-state index contributed by atoms with van der Waals surface area (Å²) in [4.78, 5) is 4.85. The SMILES string of the molecule is CCCc1ccnc(-n2c3ccccc3c3ccc(Oc4cc(C(C)C)cc(-n5nc(C)c([C@H]6C(C)=C[C@H](C)CC6C)c5C(C)(C)C)c4)cc32)c1. The zero-order valence-electron chi connectivity index (χ0n) is 32.2. The first-order valence-electron chi connectivity index (χ1n) is 18.9. The van der Waals surface area contributed by atoms with Crippen LogP contribution in [0.3, 0.4) is 0 Å². The number of ether oxygens (including phenoxy) is 1. The van der Waals surface area contributed by atoms with Gasteiger partial charge in [0.2, 0.25) is 0 Å². The molecule has 0 radical (unpaired) electrons. The van der Waals surface area contributed by atoms with Crippen molar-refractivity contribution in [1.29, 1.82) is 0 Å². The number of rotatable bonds is 8. The van der Waals surface area contributed by atoms with Crippen LogP contribution in [0.4, 0.5) is 0 Å². The van der Waals surface area contributed by atoms with Crippen LogP contribution in [0.15, 0.2) is 90.6 Å². The lowest BCUT2D eigenvalue weighted by molar-refractivity contribution is 0.385. The number of fused-ring (bicyclic) bond motifs is 3. The molecule has 3 atom stereocenters. The number of para-hydroxylation sites is 1. The van der Waals surface area contributed by atoms with Gasteiger partial charge >= 0.3 is 0 Å². The van der Waals surface area contributed by atoms with E-state index in [9.17, 15) is 0 Å². The third-order valence-electron chi connectivity index (χ3n) is 10.8. The number of aromatic nitrogens is 4. The van der Waals surface area contributed by atoms with E-state index in [4.69, 9.17) is 14.8 Å². The molecule has 5 nitrogen and oxygen atoms in total. The van der Waals surface area contributed by atoms with Crippen LogP contribution < -0.4 is 4.74 Å². The Labute approximate surface area is 304 Å². The van der Waals surface area contributed by atoms with E-state index in [1.54, 1.807) is 0 Å². The Bertz CT molecular complexity index is 2260. The summed E-state index contributed by atoms with van der Waals surface area (Å²) in [6.07, 6.45) is 7.73. The molecule has 0 spiro atoms.